The van der Waals surface area contributed by atoms with Gasteiger partial charge in [0.2, 0.25) is 0 Å². The van der Waals surface area contributed by atoms with Crippen molar-refractivity contribution in [3.05, 3.63) is 0 Å². The van der Waals surface area contributed by atoms with Crippen LogP contribution in [0.15, 0.2) is 0 Å². The van der Waals surface area contributed by atoms with Crippen LogP contribution in [-0.4, -0.2) is 66.3 Å². The van der Waals surface area contributed by atoms with Gasteiger partial charge in [0.15, 0.2) is 0 Å². The number of rotatable bonds is 1. The minimum atomic E-state index is -1.39. The van der Waals surface area contributed by atoms with Gasteiger partial charge in [-0.25, -0.2) is 0 Å². The lowest BCUT2D eigenvalue weighted by Crippen LogP contribution is -2.54. The molecule has 2 aliphatic carbocycles. The van der Waals surface area contributed by atoms with Gasteiger partial charge in [0, 0.05) is 0 Å². The van der Waals surface area contributed by atoms with Crippen molar-refractivity contribution >= 4 is 0 Å². The molecule has 0 aromatic rings. The molecule has 2 aliphatic rings. The van der Waals surface area contributed by atoms with E-state index in [0.29, 0.717) is 0 Å². The van der Waals surface area contributed by atoms with Crippen LogP contribution in [0.2, 0.25) is 0 Å². The zero-order chi connectivity index (χ0) is 15.0. The molecule has 20 heavy (non-hydrogen) atoms. The molecule has 6 heteroatoms. The molecule has 2 saturated carbocycles. The lowest BCUT2D eigenvalue weighted by molar-refractivity contribution is -0.168. The molecule has 0 aromatic heterocycles. The Bertz CT molecular complexity index is 278. The average molecular weight is 290 g/mol. The van der Waals surface area contributed by atoms with Crippen molar-refractivity contribution in [3.63, 3.8) is 0 Å². The Balaban J connectivity index is 2.14. The molecule has 4 atom stereocenters. The molecule has 6 nitrogen and oxygen atoms in total. The van der Waals surface area contributed by atoms with Crippen LogP contribution in [0.4, 0.5) is 0 Å². The second-order valence-corrected chi connectivity index (χ2v) is 6.49. The van der Waals surface area contributed by atoms with Crippen molar-refractivity contribution in [2.75, 3.05) is 0 Å². The van der Waals surface area contributed by atoms with Crippen molar-refractivity contribution in [3.8, 4) is 0 Å². The van der Waals surface area contributed by atoms with Crippen LogP contribution in [-0.2, 0) is 0 Å². The van der Waals surface area contributed by atoms with Gasteiger partial charge in [-0.15, -0.1) is 0 Å². The van der Waals surface area contributed by atoms with Crippen LogP contribution in [0.1, 0.15) is 51.4 Å². The fourth-order valence-electron chi connectivity index (χ4n) is 3.50. The van der Waals surface area contributed by atoms with E-state index in [2.05, 4.69) is 0 Å². The van der Waals surface area contributed by atoms with E-state index in [9.17, 15) is 30.6 Å². The fraction of sp³-hybridized carbons (Fsp3) is 1.00. The largest absolute Gasteiger partial charge is 0.390 e. The average Bonchev–Trinajstić information content (AvgIpc) is 2.64. The van der Waals surface area contributed by atoms with Gasteiger partial charge < -0.3 is 30.6 Å². The van der Waals surface area contributed by atoms with Crippen molar-refractivity contribution in [1.29, 1.82) is 0 Å². The van der Waals surface area contributed by atoms with Gasteiger partial charge in [-0.2, -0.15) is 0 Å². The Morgan fingerprint density at radius 1 is 0.500 bits per heavy atom. The molecule has 0 saturated heterocycles. The predicted molar refractivity (Wildman–Crippen MR) is 70.9 cm³/mol. The molecule has 0 heterocycles. The highest BCUT2D eigenvalue weighted by Crippen LogP contribution is 2.43. The summed E-state index contributed by atoms with van der Waals surface area (Å²) in [7, 11) is 0. The van der Waals surface area contributed by atoms with Crippen LogP contribution in [0.3, 0.4) is 0 Å². The van der Waals surface area contributed by atoms with Crippen LogP contribution in [0, 0.1) is 0 Å². The van der Waals surface area contributed by atoms with E-state index < -0.39 is 35.6 Å². The first-order valence-corrected chi connectivity index (χ1v) is 7.44. The minimum Gasteiger partial charge on any atom is -0.390 e. The Morgan fingerprint density at radius 2 is 0.700 bits per heavy atom. The zero-order valence-corrected chi connectivity index (χ0v) is 11.6. The maximum atomic E-state index is 10.8. The van der Waals surface area contributed by atoms with E-state index in [4.69, 9.17) is 0 Å². The highest BCUT2D eigenvalue weighted by molar-refractivity contribution is 5.04. The summed E-state index contributed by atoms with van der Waals surface area (Å²) in [5, 5.41) is 60.4. The van der Waals surface area contributed by atoms with Crippen LogP contribution >= 0.6 is 0 Å². The Kier molecular flexibility index (Phi) is 4.73. The molecule has 0 radical (unpaired) electrons. The molecule has 0 amide bonds. The molecule has 118 valence electrons. The topological polar surface area (TPSA) is 121 Å². The lowest BCUT2D eigenvalue weighted by atomic mass is 9.73. The van der Waals surface area contributed by atoms with Gasteiger partial charge in [-0.05, 0) is 51.4 Å². The molecule has 0 aromatic carbocycles. The molecule has 0 bridgehead atoms. The van der Waals surface area contributed by atoms with E-state index in [0.717, 1.165) is 0 Å². The Labute approximate surface area is 118 Å². The smallest absolute Gasteiger partial charge is 0.0935 e. The molecule has 0 spiro atoms. The van der Waals surface area contributed by atoms with Crippen molar-refractivity contribution in [2.24, 2.45) is 0 Å². The van der Waals surface area contributed by atoms with E-state index in [1.54, 1.807) is 0 Å². The lowest BCUT2D eigenvalue weighted by Gasteiger charge is -2.43. The van der Waals surface area contributed by atoms with E-state index >= 15 is 0 Å². The SMILES string of the molecule is OC1CCC(O)(C2(O)CCC(O)C(O)CC2)CCC1O. The summed E-state index contributed by atoms with van der Waals surface area (Å²) in [6.07, 6.45) is -1.80. The maximum Gasteiger partial charge on any atom is 0.0935 e. The van der Waals surface area contributed by atoms with Gasteiger partial charge in [-0.1, -0.05) is 0 Å². The third-order valence-corrected chi connectivity index (χ3v) is 5.17. The minimum absolute atomic E-state index is 0.202. The predicted octanol–water partition coefficient (Wildman–Crippen LogP) is -0.960. The highest BCUT2D eigenvalue weighted by Gasteiger charge is 2.51. The molecule has 2 fully saturated rings. The van der Waals surface area contributed by atoms with E-state index in [1.165, 1.54) is 0 Å². The number of aliphatic hydroxyl groups excluding tert-OH is 4. The van der Waals surface area contributed by atoms with Gasteiger partial charge in [-0.3, -0.25) is 0 Å². The van der Waals surface area contributed by atoms with Crippen LogP contribution in [0.25, 0.3) is 0 Å². The summed E-state index contributed by atoms with van der Waals surface area (Å²) in [6.45, 7) is 0. The molecule has 0 aliphatic heterocycles. The first-order valence-electron chi connectivity index (χ1n) is 7.44. The first kappa shape index (κ1) is 16.1. The Hall–Kier alpha value is -0.240. The first-order chi connectivity index (χ1) is 9.27. The molecular formula is C14H26O6. The normalized spacial score (nSPS) is 51.3. The van der Waals surface area contributed by atoms with Crippen molar-refractivity contribution in [2.45, 2.75) is 87.0 Å². The summed E-state index contributed by atoms with van der Waals surface area (Å²) in [5.74, 6) is 0. The van der Waals surface area contributed by atoms with Crippen molar-refractivity contribution < 1.29 is 30.6 Å². The fourth-order valence-corrected chi connectivity index (χ4v) is 3.50. The number of hydrogen-bond donors (Lipinski definition) is 6. The monoisotopic (exact) mass is 290 g/mol. The maximum absolute atomic E-state index is 10.8. The van der Waals surface area contributed by atoms with Crippen LogP contribution in [0.5, 0.6) is 0 Å². The molecule has 6 N–H and O–H groups in total. The van der Waals surface area contributed by atoms with Crippen molar-refractivity contribution in [1.82, 2.24) is 0 Å². The van der Waals surface area contributed by atoms with Gasteiger partial charge >= 0.3 is 0 Å². The van der Waals surface area contributed by atoms with E-state index in [1.807, 2.05) is 0 Å². The van der Waals surface area contributed by atoms with Gasteiger partial charge in [0.25, 0.3) is 0 Å². The van der Waals surface area contributed by atoms with Crippen LogP contribution < -0.4 is 0 Å². The summed E-state index contributed by atoms with van der Waals surface area (Å²) < 4.78 is 0. The second-order valence-electron chi connectivity index (χ2n) is 6.49. The standard InChI is InChI=1S/C14H26O6/c15-9-1-5-13(19,6-2-10(9)16)14(20)7-3-11(17)12(18)4-8-14/h9-12,15-20H,1-8H2. The number of hydrogen-bond acceptors (Lipinski definition) is 6. The molecule has 4 unspecified atom stereocenters. The van der Waals surface area contributed by atoms with Gasteiger partial charge in [0.05, 0.1) is 35.6 Å². The quantitative estimate of drug-likeness (QED) is 0.346. The molecular weight excluding hydrogens is 264 g/mol. The summed E-state index contributed by atoms with van der Waals surface area (Å²) in [5.41, 5.74) is -2.79. The van der Waals surface area contributed by atoms with E-state index in [-0.39, 0.29) is 51.4 Å². The third kappa shape index (κ3) is 3.00. The highest BCUT2D eigenvalue weighted by atomic mass is 16.4. The summed E-state index contributed by atoms with van der Waals surface area (Å²) in [4.78, 5) is 0. The second kappa shape index (κ2) is 5.87. The number of aliphatic hydroxyl groups is 6. The molecule has 2 rings (SSSR count). The zero-order valence-electron chi connectivity index (χ0n) is 11.6. The summed E-state index contributed by atoms with van der Waals surface area (Å²) in [6, 6.07) is 0. The third-order valence-electron chi connectivity index (χ3n) is 5.17. The summed E-state index contributed by atoms with van der Waals surface area (Å²) >= 11 is 0. The Morgan fingerprint density at radius 3 is 0.900 bits per heavy atom. The van der Waals surface area contributed by atoms with Gasteiger partial charge in [0.1, 0.15) is 0 Å².